The second-order valence-corrected chi connectivity index (χ2v) is 7.87. The van der Waals surface area contributed by atoms with Crippen molar-refractivity contribution in [2.45, 2.75) is 36.7 Å². The predicted octanol–water partition coefficient (Wildman–Crippen LogP) is 4.64. The lowest BCUT2D eigenvalue weighted by atomic mass is 10.2. The first-order chi connectivity index (χ1) is 16.1. The number of aliphatic carboxylic acids is 1. The van der Waals surface area contributed by atoms with Gasteiger partial charge in [0, 0.05) is 35.8 Å². The zero-order valence-corrected chi connectivity index (χ0v) is 18.1. The summed E-state index contributed by atoms with van der Waals surface area (Å²) >= 11 is 4.38. The highest BCUT2D eigenvalue weighted by Gasteiger charge is 2.38. The monoisotopic (exact) mass is 537 g/mol. The number of carbonyl (C=O) groups is 1. The minimum absolute atomic E-state index is 0.0554. The Labute approximate surface area is 197 Å². The van der Waals surface area contributed by atoms with E-state index in [-0.39, 0.29) is 36.0 Å². The average Bonchev–Trinajstić information content (AvgIpc) is 3.11. The molecule has 0 amide bonds. The van der Waals surface area contributed by atoms with Gasteiger partial charge in [-0.3, -0.25) is 0 Å². The molecule has 1 saturated heterocycles. The maximum absolute atomic E-state index is 13.6. The third-order valence-corrected chi connectivity index (χ3v) is 4.89. The fourth-order valence-corrected chi connectivity index (χ4v) is 3.31. The molecule has 0 unspecified atom stereocenters. The van der Waals surface area contributed by atoms with Crippen LogP contribution in [0.5, 0.6) is 0 Å². The second kappa shape index (κ2) is 11.3. The molecule has 0 saturated carbocycles. The summed E-state index contributed by atoms with van der Waals surface area (Å²) in [5.41, 5.74) is -1.10. The smallest absolute Gasteiger partial charge is 0.475 e. The zero-order chi connectivity index (χ0) is 26.6. The van der Waals surface area contributed by atoms with E-state index in [4.69, 9.17) is 14.6 Å². The maximum Gasteiger partial charge on any atom is 0.490 e. The molecule has 0 radical (unpaired) electrons. The highest BCUT2D eigenvalue weighted by atomic mass is 32.1. The van der Waals surface area contributed by atoms with E-state index in [9.17, 15) is 39.5 Å². The first kappa shape index (κ1) is 28.5. The first-order valence-corrected chi connectivity index (χ1v) is 9.96. The minimum Gasteiger partial charge on any atom is -0.475 e. The summed E-state index contributed by atoms with van der Waals surface area (Å²) in [6.07, 6.45) is -7.69. The van der Waals surface area contributed by atoms with Crippen molar-refractivity contribution in [2.24, 2.45) is 0 Å². The van der Waals surface area contributed by atoms with Gasteiger partial charge in [0.1, 0.15) is 5.82 Å². The van der Waals surface area contributed by atoms with Crippen LogP contribution in [0, 0.1) is 17.5 Å². The molecule has 1 aliphatic heterocycles. The van der Waals surface area contributed by atoms with Crippen LogP contribution in [0.25, 0.3) is 0 Å². The van der Waals surface area contributed by atoms with E-state index in [1.807, 2.05) is 0 Å². The highest BCUT2D eigenvalue weighted by molar-refractivity contribution is 7.81. The van der Waals surface area contributed by atoms with Crippen molar-refractivity contribution >= 4 is 24.5 Å². The van der Waals surface area contributed by atoms with Gasteiger partial charge in [0.25, 0.3) is 0 Å². The van der Waals surface area contributed by atoms with E-state index in [1.54, 1.807) is 4.90 Å². The van der Waals surface area contributed by atoms with Gasteiger partial charge in [-0.05, 0) is 12.5 Å². The summed E-state index contributed by atoms with van der Waals surface area (Å²) < 4.78 is 115. The lowest BCUT2D eigenvalue weighted by Gasteiger charge is -2.24. The van der Waals surface area contributed by atoms with E-state index < -0.39 is 41.3 Å². The quantitative estimate of drug-likeness (QED) is 0.329. The number of rotatable bonds is 5. The number of nitrogens with zero attached hydrogens (tertiary/aromatic N) is 3. The maximum atomic E-state index is 13.6. The van der Waals surface area contributed by atoms with Gasteiger partial charge < -0.3 is 14.7 Å². The van der Waals surface area contributed by atoms with Gasteiger partial charge in [0.05, 0.1) is 24.8 Å². The van der Waals surface area contributed by atoms with Crippen LogP contribution in [0.2, 0.25) is 0 Å². The molecular weight excluding hydrogens is 521 g/mol. The number of halogens is 9. The zero-order valence-electron chi connectivity index (χ0n) is 17.2. The molecule has 1 aliphatic rings. The molecule has 16 heteroatoms. The molecule has 35 heavy (non-hydrogen) atoms. The molecule has 2 aromatic rings. The Kier molecular flexibility index (Phi) is 9.22. The van der Waals surface area contributed by atoms with Crippen molar-refractivity contribution in [2.75, 3.05) is 18.1 Å². The fraction of sp³-hybridized carbons (Fsp3) is 0.421. The van der Waals surface area contributed by atoms with Crippen LogP contribution in [0.3, 0.4) is 0 Å². The van der Waals surface area contributed by atoms with Crippen LogP contribution in [0.1, 0.15) is 17.5 Å². The molecule has 194 valence electrons. The SMILES string of the molecule is Fc1cc(F)c(COC[C@@H]2C[C@@H](S)CN2c2ncc(C(F)(F)F)cn2)cc1F.O=C(O)C(F)(F)F. The number of hydrogen-bond donors (Lipinski definition) is 2. The number of hydrogen-bond acceptors (Lipinski definition) is 6. The molecule has 0 spiro atoms. The minimum atomic E-state index is -5.08. The lowest BCUT2D eigenvalue weighted by molar-refractivity contribution is -0.192. The Balaban J connectivity index is 0.000000540. The number of ether oxygens (including phenoxy) is 1. The van der Waals surface area contributed by atoms with Crippen molar-refractivity contribution < 1.29 is 54.2 Å². The Morgan fingerprint density at radius 1 is 1.06 bits per heavy atom. The number of aromatic nitrogens is 2. The van der Waals surface area contributed by atoms with Gasteiger partial charge in [-0.1, -0.05) is 0 Å². The van der Waals surface area contributed by atoms with Crippen molar-refractivity contribution in [3.05, 3.63) is 53.1 Å². The number of carboxylic acids is 1. The standard InChI is InChI=1S/C17H15F6N3OS.C2HF3O2/c18-13-3-15(20)14(19)1-9(13)7-27-8-11-2-12(28)6-26(11)16-24-4-10(5-25-16)17(21,22)23;3-2(4,5)1(6)7/h1,3-5,11-12,28H,2,6-8H2;(H,6,7)/t11-,12+;/m0./s1. The molecule has 1 fully saturated rings. The van der Waals surface area contributed by atoms with Gasteiger partial charge in [0.15, 0.2) is 11.6 Å². The largest absolute Gasteiger partial charge is 0.490 e. The number of benzene rings is 1. The molecule has 6 nitrogen and oxygen atoms in total. The molecule has 2 heterocycles. The van der Waals surface area contributed by atoms with E-state index in [2.05, 4.69) is 22.6 Å². The molecule has 1 N–H and O–H groups in total. The molecule has 3 rings (SSSR count). The summed E-state index contributed by atoms with van der Waals surface area (Å²) in [6.45, 7) is 0.153. The van der Waals surface area contributed by atoms with Crippen molar-refractivity contribution in [1.29, 1.82) is 0 Å². The van der Waals surface area contributed by atoms with Crippen LogP contribution < -0.4 is 4.90 Å². The Morgan fingerprint density at radius 2 is 1.60 bits per heavy atom. The molecule has 1 aromatic carbocycles. The third kappa shape index (κ3) is 8.16. The first-order valence-electron chi connectivity index (χ1n) is 9.44. The van der Waals surface area contributed by atoms with E-state index in [0.717, 1.165) is 6.07 Å². The Morgan fingerprint density at radius 3 is 2.11 bits per heavy atom. The summed E-state index contributed by atoms with van der Waals surface area (Å²) in [4.78, 5) is 18.1. The molecule has 0 bridgehead atoms. The lowest BCUT2D eigenvalue weighted by Crippen LogP contribution is -2.34. The molecule has 1 aromatic heterocycles. The van der Waals surface area contributed by atoms with E-state index in [0.29, 0.717) is 31.4 Å². The third-order valence-electron chi connectivity index (χ3n) is 4.51. The molecular formula is C19H16F9N3O3S. The van der Waals surface area contributed by atoms with Crippen molar-refractivity contribution in [3.63, 3.8) is 0 Å². The Hall–Kier alpha value is -2.75. The molecule has 2 atom stereocenters. The average molecular weight is 537 g/mol. The fourth-order valence-electron chi connectivity index (χ4n) is 2.89. The van der Waals surface area contributed by atoms with Crippen LogP contribution in [-0.2, 0) is 22.3 Å². The molecule has 0 aliphatic carbocycles. The van der Waals surface area contributed by atoms with E-state index >= 15 is 0 Å². The van der Waals surface area contributed by atoms with Gasteiger partial charge in [-0.15, -0.1) is 0 Å². The topological polar surface area (TPSA) is 75.5 Å². The summed E-state index contributed by atoms with van der Waals surface area (Å²) in [7, 11) is 0. The van der Waals surface area contributed by atoms with Gasteiger partial charge in [-0.2, -0.15) is 39.0 Å². The van der Waals surface area contributed by atoms with Crippen LogP contribution in [0.15, 0.2) is 24.5 Å². The summed E-state index contributed by atoms with van der Waals surface area (Å²) in [5.74, 6) is -6.07. The van der Waals surface area contributed by atoms with Crippen LogP contribution in [0.4, 0.5) is 45.5 Å². The predicted molar refractivity (Wildman–Crippen MR) is 105 cm³/mol. The Bertz CT molecular complexity index is 1020. The van der Waals surface area contributed by atoms with Gasteiger partial charge in [-0.25, -0.2) is 27.9 Å². The van der Waals surface area contributed by atoms with Crippen molar-refractivity contribution in [1.82, 2.24) is 9.97 Å². The van der Waals surface area contributed by atoms with Crippen LogP contribution >= 0.6 is 12.6 Å². The van der Waals surface area contributed by atoms with Crippen molar-refractivity contribution in [3.8, 4) is 0 Å². The van der Waals surface area contributed by atoms with Crippen LogP contribution in [-0.4, -0.2) is 51.7 Å². The number of alkyl halides is 6. The second-order valence-electron chi connectivity index (χ2n) is 7.14. The van der Waals surface area contributed by atoms with Gasteiger partial charge >= 0.3 is 18.3 Å². The van der Waals surface area contributed by atoms with Gasteiger partial charge in [0.2, 0.25) is 5.95 Å². The summed E-state index contributed by atoms with van der Waals surface area (Å²) in [6, 6.07) is 0.847. The summed E-state index contributed by atoms with van der Waals surface area (Å²) in [5, 5.41) is 7.04. The highest BCUT2D eigenvalue weighted by Crippen LogP contribution is 2.30. The number of thiol groups is 1. The van der Waals surface area contributed by atoms with E-state index in [1.165, 1.54) is 0 Å². The normalized spacial score (nSPS) is 18.3. The number of anilines is 1. The number of carboxylic acid groups (broad SMARTS) is 1.